The van der Waals surface area contributed by atoms with Gasteiger partial charge >= 0.3 is 6.09 Å². The second-order valence-corrected chi connectivity index (χ2v) is 5.08. The van der Waals surface area contributed by atoms with E-state index in [0.717, 1.165) is 0 Å². The van der Waals surface area contributed by atoms with E-state index in [9.17, 15) is 9.90 Å². The largest absolute Gasteiger partial charge is 0.444 e. The molecule has 0 aromatic heterocycles. The van der Waals surface area contributed by atoms with Gasteiger partial charge in [0.05, 0.1) is 12.6 Å². The van der Waals surface area contributed by atoms with E-state index in [1.54, 1.807) is 0 Å². The fraction of sp³-hybridized carbons (Fsp3) is 0.750. The van der Waals surface area contributed by atoms with Crippen LogP contribution in [0, 0.1) is 12.3 Å². The van der Waals surface area contributed by atoms with E-state index < -0.39 is 17.8 Å². The molecule has 0 saturated carbocycles. The molecule has 2 unspecified atom stereocenters. The number of ether oxygens (including phenoxy) is 1. The Bertz CT molecular complexity index is 300. The van der Waals surface area contributed by atoms with Crippen molar-refractivity contribution in [1.82, 2.24) is 4.90 Å². The molecule has 0 radical (unpaired) electrons. The Morgan fingerprint density at radius 3 is 2.75 bits per heavy atom. The van der Waals surface area contributed by atoms with Crippen LogP contribution in [-0.4, -0.2) is 40.4 Å². The molecule has 0 spiro atoms. The summed E-state index contributed by atoms with van der Waals surface area (Å²) in [4.78, 5) is 13.3. The Labute approximate surface area is 96.6 Å². The van der Waals surface area contributed by atoms with Gasteiger partial charge in [-0.15, -0.1) is 12.3 Å². The van der Waals surface area contributed by atoms with Crippen LogP contribution in [0.4, 0.5) is 4.79 Å². The molecule has 1 fully saturated rings. The highest BCUT2D eigenvalue weighted by molar-refractivity contribution is 5.69. The van der Waals surface area contributed by atoms with Crippen molar-refractivity contribution in [2.75, 3.05) is 6.54 Å². The minimum absolute atomic E-state index is 0.102. The van der Waals surface area contributed by atoms with Gasteiger partial charge in [-0.1, -0.05) is 0 Å². The molecule has 1 amide bonds. The van der Waals surface area contributed by atoms with Crippen molar-refractivity contribution in [3.63, 3.8) is 0 Å². The molecule has 0 aromatic rings. The van der Waals surface area contributed by atoms with Crippen LogP contribution in [0.1, 0.15) is 33.6 Å². The number of hydrogen-bond donors (Lipinski definition) is 1. The molecule has 1 heterocycles. The zero-order valence-electron chi connectivity index (χ0n) is 10.1. The standard InChI is InChI=1S/C12H19NO3/c1-5-6-9-7-10(14)8-13(9)11(15)16-12(2,3)4/h1,9-10,14H,6-8H2,2-4H3. The summed E-state index contributed by atoms with van der Waals surface area (Å²) in [7, 11) is 0. The van der Waals surface area contributed by atoms with Gasteiger partial charge in [-0.05, 0) is 27.2 Å². The highest BCUT2D eigenvalue weighted by Crippen LogP contribution is 2.22. The third kappa shape index (κ3) is 3.42. The van der Waals surface area contributed by atoms with Gasteiger partial charge in [0, 0.05) is 12.5 Å². The van der Waals surface area contributed by atoms with E-state index in [0.29, 0.717) is 19.4 Å². The van der Waals surface area contributed by atoms with Gasteiger partial charge in [-0.3, -0.25) is 0 Å². The Kier molecular flexibility index (Phi) is 3.82. The van der Waals surface area contributed by atoms with Gasteiger partial charge in [-0.25, -0.2) is 4.79 Å². The third-order valence-electron chi connectivity index (χ3n) is 2.37. The number of carbonyl (C=O) groups is 1. The van der Waals surface area contributed by atoms with Gasteiger partial charge in [0.1, 0.15) is 5.60 Å². The van der Waals surface area contributed by atoms with Crippen LogP contribution in [-0.2, 0) is 4.74 Å². The molecule has 16 heavy (non-hydrogen) atoms. The molecule has 2 atom stereocenters. The summed E-state index contributed by atoms with van der Waals surface area (Å²) in [6.07, 6.45) is 5.33. The Morgan fingerprint density at radius 1 is 1.62 bits per heavy atom. The maximum absolute atomic E-state index is 11.8. The normalized spacial score (nSPS) is 25.3. The monoisotopic (exact) mass is 225 g/mol. The van der Waals surface area contributed by atoms with Crippen molar-refractivity contribution >= 4 is 6.09 Å². The van der Waals surface area contributed by atoms with Gasteiger partial charge in [0.2, 0.25) is 0 Å². The molecular weight excluding hydrogens is 206 g/mol. The van der Waals surface area contributed by atoms with Crippen LogP contribution in [0.5, 0.6) is 0 Å². The van der Waals surface area contributed by atoms with Crippen LogP contribution in [0.25, 0.3) is 0 Å². The van der Waals surface area contributed by atoms with Gasteiger partial charge < -0.3 is 14.7 Å². The maximum atomic E-state index is 11.8. The molecule has 1 N–H and O–H groups in total. The number of terminal acetylenes is 1. The molecule has 1 aliphatic rings. The summed E-state index contributed by atoms with van der Waals surface area (Å²) in [6, 6.07) is -0.102. The molecule has 4 nitrogen and oxygen atoms in total. The lowest BCUT2D eigenvalue weighted by Crippen LogP contribution is -2.40. The smallest absolute Gasteiger partial charge is 0.410 e. The zero-order valence-corrected chi connectivity index (χ0v) is 10.1. The molecule has 90 valence electrons. The topological polar surface area (TPSA) is 49.8 Å². The van der Waals surface area contributed by atoms with E-state index in [2.05, 4.69) is 5.92 Å². The second-order valence-electron chi connectivity index (χ2n) is 5.08. The lowest BCUT2D eigenvalue weighted by Gasteiger charge is -2.27. The fourth-order valence-corrected chi connectivity index (χ4v) is 1.77. The van der Waals surface area contributed by atoms with Crippen molar-refractivity contribution in [2.45, 2.75) is 51.4 Å². The van der Waals surface area contributed by atoms with E-state index in [1.165, 1.54) is 4.90 Å². The van der Waals surface area contributed by atoms with Crippen LogP contribution in [0.2, 0.25) is 0 Å². The lowest BCUT2D eigenvalue weighted by atomic mass is 10.1. The molecule has 0 bridgehead atoms. The number of carbonyl (C=O) groups excluding carboxylic acids is 1. The lowest BCUT2D eigenvalue weighted by molar-refractivity contribution is 0.0211. The Balaban J connectivity index is 2.64. The Morgan fingerprint density at radius 2 is 2.25 bits per heavy atom. The summed E-state index contributed by atoms with van der Waals surface area (Å²) in [6.45, 7) is 5.75. The number of likely N-dealkylation sites (tertiary alicyclic amines) is 1. The minimum Gasteiger partial charge on any atom is -0.444 e. The zero-order chi connectivity index (χ0) is 12.3. The number of hydrogen-bond acceptors (Lipinski definition) is 3. The number of nitrogens with zero attached hydrogens (tertiary/aromatic N) is 1. The minimum atomic E-state index is -0.523. The van der Waals surface area contributed by atoms with Crippen molar-refractivity contribution < 1.29 is 14.6 Å². The van der Waals surface area contributed by atoms with Crippen LogP contribution < -0.4 is 0 Å². The quantitative estimate of drug-likeness (QED) is 0.686. The number of aliphatic hydroxyl groups excluding tert-OH is 1. The van der Waals surface area contributed by atoms with Crippen molar-refractivity contribution in [2.24, 2.45) is 0 Å². The maximum Gasteiger partial charge on any atom is 0.410 e. The summed E-state index contributed by atoms with van der Waals surface area (Å²) in [5, 5.41) is 9.53. The van der Waals surface area contributed by atoms with E-state index in [4.69, 9.17) is 11.2 Å². The van der Waals surface area contributed by atoms with Gasteiger partial charge in [0.25, 0.3) is 0 Å². The van der Waals surface area contributed by atoms with Crippen LogP contribution in [0.3, 0.4) is 0 Å². The molecule has 1 aliphatic heterocycles. The summed E-state index contributed by atoms with van der Waals surface area (Å²) < 4.78 is 5.25. The fourth-order valence-electron chi connectivity index (χ4n) is 1.77. The second kappa shape index (κ2) is 4.75. The summed E-state index contributed by atoms with van der Waals surface area (Å²) in [5.41, 5.74) is -0.523. The Hall–Kier alpha value is -1.21. The summed E-state index contributed by atoms with van der Waals surface area (Å²) >= 11 is 0. The predicted molar refractivity (Wildman–Crippen MR) is 60.8 cm³/mol. The molecule has 1 rings (SSSR count). The average Bonchev–Trinajstić information content (AvgIpc) is 2.44. The van der Waals surface area contributed by atoms with E-state index in [-0.39, 0.29) is 6.04 Å². The van der Waals surface area contributed by atoms with Crippen LogP contribution >= 0.6 is 0 Å². The van der Waals surface area contributed by atoms with Gasteiger partial charge in [-0.2, -0.15) is 0 Å². The third-order valence-corrected chi connectivity index (χ3v) is 2.37. The first-order chi connectivity index (χ1) is 7.33. The number of β-amino-alcohol motifs (C(OH)–C–C–N with tert-alkyl or cyclic N) is 1. The van der Waals surface area contributed by atoms with Crippen molar-refractivity contribution in [3.8, 4) is 12.3 Å². The number of amides is 1. The van der Waals surface area contributed by atoms with Crippen molar-refractivity contribution in [1.29, 1.82) is 0 Å². The first-order valence-corrected chi connectivity index (χ1v) is 5.44. The van der Waals surface area contributed by atoms with Gasteiger partial charge in [0.15, 0.2) is 0 Å². The van der Waals surface area contributed by atoms with Crippen molar-refractivity contribution in [3.05, 3.63) is 0 Å². The molecule has 0 aliphatic carbocycles. The predicted octanol–water partition coefficient (Wildman–Crippen LogP) is 1.38. The summed E-state index contributed by atoms with van der Waals surface area (Å²) in [5.74, 6) is 2.52. The first kappa shape index (κ1) is 12.9. The number of aliphatic hydroxyl groups is 1. The first-order valence-electron chi connectivity index (χ1n) is 5.44. The van der Waals surface area contributed by atoms with Crippen LogP contribution in [0.15, 0.2) is 0 Å². The SMILES string of the molecule is C#CCC1CC(O)CN1C(=O)OC(C)(C)C. The average molecular weight is 225 g/mol. The molecular formula is C12H19NO3. The van der Waals surface area contributed by atoms with E-state index in [1.807, 2.05) is 20.8 Å². The number of rotatable bonds is 1. The highest BCUT2D eigenvalue weighted by Gasteiger charge is 2.36. The molecule has 4 heteroatoms. The molecule has 1 saturated heterocycles. The van der Waals surface area contributed by atoms with E-state index >= 15 is 0 Å². The molecule has 0 aromatic carbocycles. The highest BCUT2D eigenvalue weighted by atomic mass is 16.6.